The van der Waals surface area contributed by atoms with Gasteiger partial charge in [-0.2, -0.15) is 0 Å². The van der Waals surface area contributed by atoms with E-state index in [9.17, 15) is 14.7 Å². The second kappa shape index (κ2) is 9.50. The minimum atomic E-state index is -1.32. The van der Waals surface area contributed by atoms with Crippen LogP contribution in [0.5, 0.6) is 5.75 Å². The summed E-state index contributed by atoms with van der Waals surface area (Å²) in [5.41, 5.74) is 6.95. The molecule has 0 aromatic heterocycles. The Morgan fingerprint density at radius 1 is 1.09 bits per heavy atom. The topological polar surface area (TPSA) is 90.9 Å². The van der Waals surface area contributed by atoms with Crippen LogP contribution in [-0.4, -0.2) is 40.7 Å². The molecule has 1 atom stereocenters. The number of hydrogen-bond acceptors (Lipinski definition) is 5. The van der Waals surface area contributed by atoms with E-state index in [0.29, 0.717) is 12.3 Å². The van der Waals surface area contributed by atoms with Crippen LogP contribution < -0.4 is 15.5 Å². The van der Waals surface area contributed by atoms with Crippen LogP contribution in [0.1, 0.15) is 56.9 Å². The minimum Gasteiger partial charge on any atom is -0.478 e. The SMILES string of the molecule is Cc1cc(CNC(=O)C2C=C(c3ccc(C(C)(C)C)cc3)NN2C)ccc1OC(C)(C)C(=O)O. The molecule has 0 saturated carbocycles. The van der Waals surface area contributed by atoms with Crippen LogP contribution in [0.25, 0.3) is 5.70 Å². The molecule has 0 aliphatic carbocycles. The lowest BCUT2D eigenvalue weighted by Gasteiger charge is -2.23. The van der Waals surface area contributed by atoms with Gasteiger partial charge in [0, 0.05) is 13.6 Å². The average molecular weight is 466 g/mol. The van der Waals surface area contributed by atoms with Crippen molar-refractivity contribution in [2.24, 2.45) is 0 Å². The predicted molar refractivity (Wildman–Crippen MR) is 133 cm³/mol. The summed E-state index contributed by atoms with van der Waals surface area (Å²) in [5, 5.41) is 14.0. The van der Waals surface area contributed by atoms with Gasteiger partial charge in [0.2, 0.25) is 5.91 Å². The molecule has 1 aliphatic heterocycles. The van der Waals surface area contributed by atoms with Crippen LogP contribution in [-0.2, 0) is 21.5 Å². The minimum absolute atomic E-state index is 0.0877. The Hall–Kier alpha value is -3.32. The van der Waals surface area contributed by atoms with E-state index >= 15 is 0 Å². The molecule has 182 valence electrons. The number of carbonyl (C=O) groups excluding carboxylic acids is 1. The molecule has 0 saturated heterocycles. The van der Waals surface area contributed by atoms with Crippen LogP contribution in [0.15, 0.2) is 48.5 Å². The van der Waals surface area contributed by atoms with Gasteiger partial charge in [0.1, 0.15) is 11.8 Å². The number of hydrazine groups is 1. The van der Waals surface area contributed by atoms with Crippen molar-refractivity contribution in [1.29, 1.82) is 0 Å². The summed E-state index contributed by atoms with van der Waals surface area (Å²) in [6.07, 6.45) is 1.93. The van der Waals surface area contributed by atoms with Crippen LogP contribution >= 0.6 is 0 Å². The van der Waals surface area contributed by atoms with Crippen LogP contribution in [0.2, 0.25) is 0 Å². The monoisotopic (exact) mass is 465 g/mol. The fourth-order valence-electron chi connectivity index (χ4n) is 3.68. The van der Waals surface area contributed by atoms with Crippen molar-refractivity contribution in [2.45, 2.75) is 65.1 Å². The molecule has 1 aliphatic rings. The Balaban J connectivity index is 1.64. The zero-order valence-corrected chi connectivity index (χ0v) is 21.0. The molecule has 7 nitrogen and oxygen atoms in total. The number of carboxylic acids is 1. The number of carboxylic acid groups (broad SMARTS) is 1. The van der Waals surface area contributed by atoms with Crippen LogP contribution in [0, 0.1) is 6.92 Å². The lowest BCUT2D eigenvalue weighted by atomic mass is 9.86. The molecule has 2 aromatic carbocycles. The van der Waals surface area contributed by atoms with Gasteiger partial charge in [0.25, 0.3) is 0 Å². The molecule has 3 rings (SSSR count). The standard InChI is InChI=1S/C27H35N3O4/c1-17-14-18(8-13-23(17)34-27(5,6)25(32)33)16-28-24(31)22-15-21(29-30(22)7)19-9-11-20(12-10-19)26(2,3)4/h8-15,22,29H,16H2,1-7H3,(H,28,31)(H,32,33). The number of nitrogens with one attached hydrogen (secondary N) is 2. The number of hydrogen-bond donors (Lipinski definition) is 3. The third-order valence-electron chi connectivity index (χ3n) is 5.96. The highest BCUT2D eigenvalue weighted by atomic mass is 16.5. The average Bonchev–Trinajstić information content (AvgIpc) is 3.15. The van der Waals surface area contributed by atoms with Gasteiger partial charge in [-0.1, -0.05) is 57.2 Å². The van der Waals surface area contributed by atoms with E-state index in [4.69, 9.17) is 4.74 Å². The van der Waals surface area contributed by atoms with Gasteiger partial charge in [-0.3, -0.25) is 4.79 Å². The summed E-state index contributed by atoms with van der Waals surface area (Å²) >= 11 is 0. The smallest absolute Gasteiger partial charge is 0.347 e. The van der Waals surface area contributed by atoms with Crippen LogP contribution in [0.4, 0.5) is 0 Å². The number of ether oxygens (including phenoxy) is 1. The number of aryl methyl sites for hydroxylation is 1. The summed E-state index contributed by atoms with van der Waals surface area (Å²) in [4.78, 5) is 24.2. The molecular weight excluding hydrogens is 430 g/mol. The molecule has 0 radical (unpaired) electrons. The molecule has 0 bridgehead atoms. The van der Waals surface area contributed by atoms with Crippen molar-refractivity contribution >= 4 is 17.6 Å². The van der Waals surface area contributed by atoms with Crippen LogP contribution in [0.3, 0.4) is 0 Å². The number of likely N-dealkylation sites (N-methyl/N-ethyl adjacent to an activating group) is 1. The first-order valence-electron chi connectivity index (χ1n) is 11.4. The summed E-state index contributed by atoms with van der Waals surface area (Å²) in [7, 11) is 1.84. The molecule has 1 amide bonds. The van der Waals surface area contributed by atoms with Crippen molar-refractivity contribution < 1.29 is 19.4 Å². The van der Waals surface area contributed by atoms with E-state index in [1.807, 2.05) is 32.2 Å². The second-order valence-electron chi connectivity index (χ2n) is 10.3. The Morgan fingerprint density at radius 3 is 2.29 bits per heavy atom. The third kappa shape index (κ3) is 5.78. The highest BCUT2D eigenvalue weighted by Crippen LogP contribution is 2.26. The van der Waals surface area contributed by atoms with Crippen molar-refractivity contribution in [3.05, 3.63) is 70.8 Å². The van der Waals surface area contributed by atoms with E-state index < -0.39 is 17.6 Å². The maximum Gasteiger partial charge on any atom is 0.347 e. The summed E-state index contributed by atoms with van der Waals surface area (Å²) in [6, 6.07) is 13.4. The van der Waals surface area contributed by atoms with Gasteiger partial charge < -0.3 is 20.6 Å². The molecular formula is C27H35N3O4. The van der Waals surface area contributed by atoms with Gasteiger partial charge in [0.15, 0.2) is 5.60 Å². The Bertz CT molecular complexity index is 1100. The summed E-state index contributed by atoms with van der Waals surface area (Å²) in [5.74, 6) is -0.635. The second-order valence-corrected chi connectivity index (χ2v) is 10.3. The van der Waals surface area contributed by atoms with E-state index in [-0.39, 0.29) is 11.3 Å². The lowest BCUT2D eigenvalue weighted by Crippen LogP contribution is -2.44. The summed E-state index contributed by atoms with van der Waals surface area (Å²) in [6.45, 7) is 11.8. The fraction of sp³-hybridized carbons (Fsp3) is 0.407. The number of aliphatic carboxylic acids is 1. The van der Waals surface area contributed by atoms with Crippen molar-refractivity contribution in [3.8, 4) is 5.75 Å². The normalized spacial score (nSPS) is 16.6. The highest BCUT2D eigenvalue weighted by molar-refractivity contribution is 5.87. The fourth-order valence-corrected chi connectivity index (χ4v) is 3.68. The van der Waals surface area contributed by atoms with Gasteiger partial charge in [-0.25, -0.2) is 9.80 Å². The van der Waals surface area contributed by atoms with E-state index in [2.05, 4.69) is 55.8 Å². The Labute approximate surface area is 201 Å². The Morgan fingerprint density at radius 2 is 1.74 bits per heavy atom. The largest absolute Gasteiger partial charge is 0.478 e. The van der Waals surface area contributed by atoms with E-state index in [1.54, 1.807) is 11.1 Å². The maximum atomic E-state index is 12.9. The number of benzene rings is 2. The third-order valence-corrected chi connectivity index (χ3v) is 5.96. The van der Waals surface area contributed by atoms with Gasteiger partial charge in [-0.15, -0.1) is 0 Å². The molecule has 2 aromatic rings. The number of rotatable bonds is 7. The number of carbonyl (C=O) groups is 2. The predicted octanol–water partition coefficient (Wildman–Crippen LogP) is 4.01. The maximum absolute atomic E-state index is 12.9. The van der Waals surface area contributed by atoms with Crippen molar-refractivity contribution in [3.63, 3.8) is 0 Å². The zero-order valence-electron chi connectivity index (χ0n) is 21.0. The highest BCUT2D eigenvalue weighted by Gasteiger charge is 2.30. The lowest BCUT2D eigenvalue weighted by molar-refractivity contribution is -0.152. The van der Waals surface area contributed by atoms with E-state index in [0.717, 1.165) is 22.4 Å². The van der Waals surface area contributed by atoms with Crippen molar-refractivity contribution in [2.75, 3.05) is 7.05 Å². The van der Waals surface area contributed by atoms with E-state index in [1.165, 1.54) is 19.4 Å². The first-order chi connectivity index (χ1) is 15.8. The van der Waals surface area contributed by atoms with Gasteiger partial charge in [0.05, 0.1) is 5.70 Å². The summed E-state index contributed by atoms with van der Waals surface area (Å²) < 4.78 is 5.64. The molecule has 1 heterocycles. The number of amides is 1. The first kappa shape index (κ1) is 25.3. The zero-order chi connectivity index (χ0) is 25.3. The Kier molecular flexibility index (Phi) is 7.07. The van der Waals surface area contributed by atoms with Gasteiger partial charge in [-0.05, 0) is 60.6 Å². The van der Waals surface area contributed by atoms with Gasteiger partial charge >= 0.3 is 5.97 Å². The first-order valence-corrected chi connectivity index (χ1v) is 11.4. The molecule has 7 heteroatoms. The molecule has 0 spiro atoms. The molecule has 34 heavy (non-hydrogen) atoms. The molecule has 1 unspecified atom stereocenters. The van der Waals surface area contributed by atoms with Crippen molar-refractivity contribution in [1.82, 2.24) is 15.8 Å². The molecule has 0 fully saturated rings. The number of nitrogens with zero attached hydrogens (tertiary/aromatic N) is 1. The molecule has 3 N–H and O–H groups in total. The quantitative estimate of drug-likeness (QED) is 0.572.